The number of allylic oxidation sites excluding steroid dienone is 2. The van der Waals surface area contributed by atoms with Crippen LogP contribution in [0, 0.1) is 0 Å². The number of methoxy groups -OCH3 is 2. The summed E-state index contributed by atoms with van der Waals surface area (Å²) in [5.41, 5.74) is -4.98. The first-order valence-corrected chi connectivity index (χ1v) is 10.6. The van der Waals surface area contributed by atoms with Crippen molar-refractivity contribution >= 4 is 28.6 Å². The fourth-order valence-corrected chi connectivity index (χ4v) is 7.03. The largest absolute Gasteiger partial charge is 0.380 e. The summed E-state index contributed by atoms with van der Waals surface area (Å²) in [4.78, 5) is 1.83. The van der Waals surface area contributed by atoms with Gasteiger partial charge in [-0.3, -0.25) is 0 Å². The van der Waals surface area contributed by atoms with E-state index in [1.54, 1.807) is 30.3 Å². The second-order valence-corrected chi connectivity index (χ2v) is 9.30. The molecule has 11 heteroatoms. The van der Waals surface area contributed by atoms with E-state index < -0.39 is 50.1 Å². The van der Waals surface area contributed by atoms with Crippen LogP contribution in [0.3, 0.4) is 0 Å². The van der Waals surface area contributed by atoms with Gasteiger partial charge in [-0.1, -0.05) is 53.9 Å². The van der Waals surface area contributed by atoms with Crippen molar-refractivity contribution < 1.29 is 35.8 Å². The number of benzene rings is 1. The van der Waals surface area contributed by atoms with Gasteiger partial charge < -0.3 is 9.47 Å². The van der Waals surface area contributed by atoms with Crippen LogP contribution in [0.5, 0.6) is 0 Å². The number of ether oxygens (including phenoxy) is 2. The van der Waals surface area contributed by atoms with E-state index in [0.29, 0.717) is 17.3 Å². The van der Waals surface area contributed by atoms with Crippen LogP contribution in [0.4, 0.5) is 26.3 Å². The van der Waals surface area contributed by atoms with Crippen LogP contribution in [0.1, 0.15) is 5.56 Å². The molecule has 4 aliphatic rings. The summed E-state index contributed by atoms with van der Waals surface area (Å²) in [6.45, 7) is 0. The molecule has 2 aliphatic heterocycles. The molecule has 1 aromatic carbocycles. The lowest BCUT2D eigenvalue weighted by molar-refractivity contribution is -0.258. The maximum absolute atomic E-state index is 15.0. The molecule has 31 heavy (non-hydrogen) atoms. The maximum atomic E-state index is 15.0. The van der Waals surface area contributed by atoms with Gasteiger partial charge in [0.25, 0.3) is 0 Å². The minimum atomic E-state index is -5.65. The van der Waals surface area contributed by atoms with Crippen LogP contribution in [-0.4, -0.2) is 47.6 Å². The van der Waals surface area contributed by atoms with Crippen molar-refractivity contribution in [1.29, 1.82) is 0 Å². The number of alkyl halides is 6. The monoisotopic (exact) mass is 477 g/mol. The Balaban J connectivity index is 1.91. The van der Waals surface area contributed by atoms with Crippen LogP contribution in [-0.2, 0) is 9.47 Å². The molecule has 1 aromatic rings. The lowest BCUT2D eigenvalue weighted by Crippen LogP contribution is -2.56. The minimum Gasteiger partial charge on any atom is -0.364 e. The standard InChI is InChI=1S/C20H13F6NO2S2/c1-28-16-8-9-30-14(16)12-11(17(21,22)20(25,26)18(12,23)24)13-19(16,29-2)31-15(27-13)10-6-4-3-5-7-10/h3-9H,1-2H3. The molecule has 0 radical (unpaired) electrons. The summed E-state index contributed by atoms with van der Waals surface area (Å²) in [6, 6.07) is 8.36. The fourth-order valence-electron chi connectivity index (χ4n) is 4.36. The first-order valence-electron chi connectivity index (χ1n) is 8.94. The fraction of sp³-hybridized carbons (Fsp3) is 0.350. The quantitative estimate of drug-likeness (QED) is 0.530. The summed E-state index contributed by atoms with van der Waals surface area (Å²) in [6.07, 6.45) is 1.36. The van der Waals surface area contributed by atoms with E-state index in [4.69, 9.17) is 9.47 Å². The van der Waals surface area contributed by atoms with E-state index in [-0.39, 0.29) is 5.04 Å². The van der Waals surface area contributed by atoms with Crippen molar-refractivity contribution in [3.63, 3.8) is 0 Å². The minimum absolute atomic E-state index is 0.168. The topological polar surface area (TPSA) is 30.8 Å². The summed E-state index contributed by atoms with van der Waals surface area (Å²) in [5, 5.41) is 1.51. The van der Waals surface area contributed by atoms with Crippen LogP contribution in [0.2, 0.25) is 0 Å². The molecule has 1 fully saturated rings. The maximum Gasteiger partial charge on any atom is 0.380 e. The molecule has 2 unspecified atom stereocenters. The number of hydrogen-bond acceptors (Lipinski definition) is 5. The molecule has 5 rings (SSSR count). The van der Waals surface area contributed by atoms with Gasteiger partial charge in [-0.05, 0) is 11.5 Å². The van der Waals surface area contributed by atoms with Gasteiger partial charge >= 0.3 is 17.8 Å². The molecule has 164 valence electrons. The molecule has 1 saturated carbocycles. The second-order valence-electron chi connectivity index (χ2n) is 7.22. The third-order valence-corrected chi connectivity index (χ3v) is 8.33. The average Bonchev–Trinajstić information content (AvgIpc) is 3.37. The highest BCUT2D eigenvalue weighted by Gasteiger charge is 2.85. The molecule has 0 bridgehead atoms. The van der Waals surface area contributed by atoms with Gasteiger partial charge in [0.05, 0.1) is 16.8 Å². The van der Waals surface area contributed by atoms with Crippen molar-refractivity contribution in [1.82, 2.24) is 0 Å². The molecule has 2 atom stereocenters. The molecule has 3 nitrogen and oxygen atoms in total. The van der Waals surface area contributed by atoms with Gasteiger partial charge in [0.1, 0.15) is 5.04 Å². The molecule has 2 aliphatic carbocycles. The lowest BCUT2D eigenvalue weighted by atomic mass is 9.81. The molecule has 2 heterocycles. The van der Waals surface area contributed by atoms with Gasteiger partial charge in [0.15, 0.2) is 10.5 Å². The smallest absolute Gasteiger partial charge is 0.364 e. The van der Waals surface area contributed by atoms with Gasteiger partial charge in [0.2, 0.25) is 0 Å². The number of hydrogen-bond donors (Lipinski definition) is 0. The average molecular weight is 477 g/mol. The van der Waals surface area contributed by atoms with Gasteiger partial charge in [-0.15, -0.1) is 0 Å². The van der Waals surface area contributed by atoms with Crippen molar-refractivity contribution in [3.8, 4) is 0 Å². The summed E-state index contributed by atoms with van der Waals surface area (Å²) in [5.74, 6) is -15.9. The highest BCUT2D eigenvalue weighted by Crippen LogP contribution is 2.72. The Kier molecular flexibility index (Phi) is 4.24. The molecule has 0 N–H and O–H groups in total. The summed E-state index contributed by atoms with van der Waals surface area (Å²) >= 11 is 1.51. The molecular weight excluding hydrogens is 464 g/mol. The van der Waals surface area contributed by atoms with E-state index in [0.717, 1.165) is 11.8 Å². The summed E-state index contributed by atoms with van der Waals surface area (Å²) in [7, 11) is 2.37. The number of halogens is 6. The molecule has 0 amide bonds. The first kappa shape index (κ1) is 21.2. The lowest BCUT2D eigenvalue weighted by Gasteiger charge is -2.46. The second kappa shape index (κ2) is 6.21. The van der Waals surface area contributed by atoms with Gasteiger partial charge in [-0.2, -0.15) is 26.3 Å². The van der Waals surface area contributed by atoms with E-state index in [2.05, 4.69) is 4.99 Å². The Morgan fingerprint density at radius 3 is 2.13 bits per heavy atom. The van der Waals surface area contributed by atoms with Crippen LogP contribution < -0.4 is 0 Å². The van der Waals surface area contributed by atoms with Gasteiger partial charge in [0, 0.05) is 24.7 Å². The molecule has 0 saturated heterocycles. The zero-order valence-electron chi connectivity index (χ0n) is 15.9. The molecule has 0 aromatic heterocycles. The highest BCUT2D eigenvalue weighted by atomic mass is 32.2. The first-order chi connectivity index (χ1) is 14.5. The normalized spacial score (nSPS) is 34.0. The number of thioether (sulfide) groups is 2. The Labute approximate surface area is 181 Å². The van der Waals surface area contributed by atoms with Crippen LogP contribution in [0.25, 0.3) is 0 Å². The molecular formula is C20H13F6NO2S2. The van der Waals surface area contributed by atoms with E-state index >= 15 is 0 Å². The zero-order chi connectivity index (χ0) is 22.4. The van der Waals surface area contributed by atoms with Crippen LogP contribution in [0.15, 0.2) is 68.6 Å². The third kappa shape index (κ3) is 2.16. The van der Waals surface area contributed by atoms with Crippen molar-refractivity contribution in [2.45, 2.75) is 28.3 Å². The van der Waals surface area contributed by atoms with E-state index in [1.165, 1.54) is 25.7 Å². The van der Waals surface area contributed by atoms with Crippen LogP contribution >= 0.6 is 23.5 Å². The number of rotatable bonds is 3. The number of aliphatic imine (C=N–C) groups is 1. The number of fused-ring (bicyclic) bond motifs is 4. The predicted octanol–water partition coefficient (Wildman–Crippen LogP) is 5.61. The molecule has 0 spiro atoms. The predicted molar refractivity (Wildman–Crippen MR) is 106 cm³/mol. The SMILES string of the molecule is COC12C=CSC1=C1C(=C3N=C(c4ccccc4)SC32OC)C(F)(F)C(F)(F)C1(F)F. The Morgan fingerprint density at radius 1 is 0.871 bits per heavy atom. The summed E-state index contributed by atoms with van der Waals surface area (Å²) < 4.78 is 99.9. The van der Waals surface area contributed by atoms with E-state index in [1.807, 2.05) is 0 Å². The zero-order valence-corrected chi connectivity index (χ0v) is 17.5. The third-order valence-electron chi connectivity index (χ3n) is 5.84. The Bertz CT molecular complexity index is 1110. The van der Waals surface area contributed by atoms with Crippen molar-refractivity contribution in [3.05, 3.63) is 69.1 Å². The Morgan fingerprint density at radius 2 is 1.52 bits per heavy atom. The number of nitrogens with zero attached hydrogens (tertiary/aromatic N) is 1. The highest BCUT2D eigenvalue weighted by molar-refractivity contribution is 8.16. The van der Waals surface area contributed by atoms with Crippen molar-refractivity contribution in [2.75, 3.05) is 14.2 Å². The van der Waals surface area contributed by atoms with E-state index in [9.17, 15) is 26.3 Å². The van der Waals surface area contributed by atoms with Gasteiger partial charge in [-0.25, -0.2) is 4.99 Å². The Hall–Kier alpha value is -1.69. The van der Waals surface area contributed by atoms with Crippen molar-refractivity contribution in [2.24, 2.45) is 4.99 Å².